The molecule has 0 fully saturated rings. The fourth-order valence-electron chi connectivity index (χ4n) is 4.14. The number of rotatable bonds is 11. The first-order valence-electron chi connectivity index (χ1n) is 11.7. The average Bonchev–Trinajstić information content (AvgIpc) is 3.23. The van der Waals surface area contributed by atoms with Gasteiger partial charge >= 0.3 is 0 Å². The quantitative estimate of drug-likeness (QED) is 0.413. The normalized spacial score (nSPS) is 11.6. The Morgan fingerprint density at radius 1 is 1.21 bits per heavy atom. The number of ether oxygens (including phenoxy) is 1. The Morgan fingerprint density at radius 3 is 2.56 bits per heavy atom. The van der Waals surface area contributed by atoms with E-state index in [0.29, 0.717) is 53.7 Å². The predicted molar refractivity (Wildman–Crippen MR) is 138 cm³/mol. The van der Waals surface area contributed by atoms with Crippen LogP contribution in [0.5, 0.6) is 5.75 Å². The summed E-state index contributed by atoms with van der Waals surface area (Å²) in [5, 5.41) is 12.3. The molecule has 0 saturated heterocycles. The summed E-state index contributed by atoms with van der Waals surface area (Å²) in [6, 6.07) is 6.44. The molecule has 0 spiro atoms. The fraction of sp³-hybridized carbons (Fsp3) is 0.480. The highest BCUT2D eigenvalue weighted by Crippen LogP contribution is 2.28. The second-order valence-electron chi connectivity index (χ2n) is 8.75. The van der Waals surface area contributed by atoms with Crippen molar-refractivity contribution in [2.24, 2.45) is 0 Å². The SMILES string of the molecule is CCn1ncc2c(NCc3ccc(OC)c(Cl)c3)c(C(=O)NCCN(C(C)C)C(C)C)cnc21. The van der Waals surface area contributed by atoms with Crippen molar-refractivity contribution in [1.29, 1.82) is 0 Å². The lowest BCUT2D eigenvalue weighted by atomic mass is 10.1. The third-order valence-electron chi connectivity index (χ3n) is 5.88. The molecule has 2 aromatic heterocycles. The van der Waals surface area contributed by atoms with E-state index >= 15 is 0 Å². The molecule has 2 N–H and O–H groups in total. The van der Waals surface area contributed by atoms with Crippen LogP contribution in [0.15, 0.2) is 30.6 Å². The molecule has 184 valence electrons. The summed E-state index contributed by atoms with van der Waals surface area (Å²) in [4.78, 5) is 20.1. The molecule has 1 amide bonds. The molecule has 0 saturated carbocycles. The fourth-order valence-corrected chi connectivity index (χ4v) is 4.42. The zero-order valence-electron chi connectivity index (χ0n) is 20.9. The van der Waals surface area contributed by atoms with E-state index < -0.39 is 0 Å². The van der Waals surface area contributed by atoms with Crippen LogP contribution in [0.2, 0.25) is 5.02 Å². The number of pyridine rings is 1. The van der Waals surface area contributed by atoms with Gasteiger partial charge in [-0.15, -0.1) is 0 Å². The second-order valence-corrected chi connectivity index (χ2v) is 9.16. The van der Waals surface area contributed by atoms with Gasteiger partial charge in [-0.3, -0.25) is 9.69 Å². The molecule has 0 unspecified atom stereocenters. The van der Waals surface area contributed by atoms with E-state index in [2.05, 4.69) is 53.3 Å². The molecule has 3 rings (SSSR count). The van der Waals surface area contributed by atoms with Gasteiger partial charge in [0.05, 0.1) is 35.0 Å². The largest absolute Gasteiger partial charge is 0.495 e. The highest BCUT2D eigenvalue weighted by molar-refractivity contribution is 6.32. The monoisotopic (exact) mass is 486 g/mol. The summed E-state index contributed by atoms with van der Waals surface area (Å²) in [7, 11) is 1.59. The van der Waals surface area contributed by atoms with Gasteiger partial charge in [0.25, 0.3) is 5.91 Å². The van der Waals surface area contributed by atoms with Crippen LogP contribution in [0.25, 0.3) is 11.0 Å². The molecule has 1 aromatic carbocycles. The van der Waals surface area contributed by atoms with Crippen molar-refractivity contribution >= 4 is 34.2 Å². The van der Waals surface area contributed by atoms with E-state index in [1.807, 2.05) is 29.8 Å². The number of halogens is 1. The number of benzene rings is 1. The number of hydrogen-bond donors (Lipinski definition) is 2. The van der Waals surface area contributed by atoms with Crippen LogP contribution in [0.1, 0.15) is 50.5 Å². The van der Waals surface area contributed by atoms with Gasteiger partial charge in [-0.05, 0) is 52.3 Å². The zero-order valence-corrected chi connectivity index (χ0v) is 21.6. The number of nitrogens with zero attached hydrogens (tertiary/aromatic N) is 4. The maximum atomic E-state index is 13.2. The minimum Gasteiger partial charge on any atom is -0.495 e. The Bertz CT molecular complexity index is 1120. The van der Waals surface area contributed by atoms with E-state index in [1.165, 1.54) is 0 Å². The molecule has 0 aliphatic carbocycles. The molecule has 34 heavy (non-hydrogen) atoms. The Morgan fingerprint density at radius 2 is 1.94 bits per heavy atom. The van der Waals surface area contributed by atoms with Crippen molar-refractivity contribution < 1.29 is 9.53 Å². The number of nitrogens with one attached hydrogen (secondary N) is 2. The highest BCUT2D eigenvalue weighted by Gasteiger charge is 2.19. The number of amides is 1. The smallest absolute Gasteiger partial charge is 0.255 e. The summed E-state index contributed by atoms with van der Waals surface area (Å²) in [5.74, 6) is 0.458. The van der Waals surface area contributed by atoms with Gasteiger partial charge in [0.1, 0.15) is 5.75 Å². The summed E-state index contributed by atoms with van der Waals surface area (Å²) in [6.45, 7) is 13.2. The number of carbonyl (C=O) groups is 1. The maximum absolute atomic E-state index is 13.2. The number of hydrogen-bond acceptors (Lipinski definition) is 6. The van der Waals surface area contributed by atoms with Crippen molar-refractivity contribution in [3.8, 4) is 5.75 Å². The van der Waals surface area contributed by atoms with Crippen molar-refractivity contribution in [3.63, 3.8) is 0 Å². The Balaban J connectivity index is 1.84. The Labute approximate surface area is 206 Å². The van der Waals surface area contributed by atoms with E-state index in [0.717, 1.165) is 23.1 Å². The van der Waals surface area contributed by atoms with Crippen molar-refractivity contribution in [3.05, 3.63) is 46.7 Å². The molecule has 0 aliphatic rings. The summed E-state index contributed by atoms with van der Waals surface area (Å²) in [6.07, 6.45) is 3.38. The van der Waals surface area contributed by atoms with E-state index in [4.69, 9.17) is 16.3 Å². The molecule has 0 radical (unpaired) electrons. The number of aromatic nitrogens is 3. The average molecular weight is 487 g/mol. The number of fused-ring (bicyclic) bond motifs is 1. The summed E-state index contributed by atoms with van der Waals surface area (Å²) in [5.41, 5.74) is 2.90. The minimum absolute atomic E-state index is 0.165. The van der Waals surface area contributed by atoms with Crippen LogP contribution in [-0.2, 0) is 13.1 Å². The highest BCUT2D eigenvalue weighted by atomic mass is 35.5. The Kier molecular flexibility index (Phi) is 8.74. The molecule has 0 bridgehead atoms. The van der Waals surface area contributed by atoms with E-state index in [-0.39, 0.29) is 5.91 Å². The maximum Gasteiger partial charge on any atom is 0.255 e. The molecule has 0 atom stereocenters. The lowest BCUT2D eigenvalue weighted by molar-refractivity contribution is 0.0940. The standard InChI is InChI=1S/C25H35ClN6O2/c1-7-32-24-19(15-30-32)23(28-13-18-8-9-22(34-6)21(26)12-18)20(14-29-24)25(33)27-10-11-31(16(2)3)17(4)5/h8-9,12,14-17H,7,10-11,13H2,1-6H3,(H,27,33)(H,28,29). The van der Waals surface area contributed by atoms with Crippen molar-refractivity contribution in [2.45, 2.75) is 59.8 Å². The number of carbonyl (C=O) groups excluding carboxylic acids is 1. The van der Waals surface area contributed by atoms with Gasteiger partial charge in [0.2, 0.25) is 0 Å². The third kappa shape index (κ3) is 5.80. The van der Waals surface area contributed by atoms with Crippen LogP contribution in [0, 0.1) is 0 Å². The van der Waals surface area contributed by atoms with Gasteiger partial charge in [-0.1, -0.05) is 17.7 Å². The Hall–Kier alpha value is -2.84. The van der Waals surface area contributed by atoms with E-state index in [9.17, 15) is 4.79 Å². The number of methoxy groups -OCH3 is 1. The molecular formula is C25H35ClN6O2. The van der Waals surface area contributed by atoms with Gasteiger partial charge < -0.3 is 15.4 Å². The lowest BCUT2D eigenvalue weighted by Crippen LogP contribution is -2.42. The first kappa shape index (κ1) is 25.8. The first-order valence-corrected chi connectivity index (χ1v) is 12.1. The van der Waals surface area contributed by atoms with Crippen molar-refractivity contribution in [2.75, 3.05) is 25.5 Å². The predicted octanol–water partition coefficient (Wildman–Crippen LogP) is 4.57. The summed E-state index contributed by atoms with van der Waals surface area (Å²) >= 11 is 6.29. The van der Waals surface area contributed by atoms with Crippen molar-refractivity contribution in [1.82, 2.24) is 25.0 Å². The molecule has 8 nitrogen and oxygen atoms in total. The van der Waals surface area contributed by atoms with Gasteiger partial charge in [0.15, 0.2) is 5.65 Å². The number of anilines is 1. The molecule has 3 aromatic rings. The first-order chi connectivity index (χ1) is 16.3. The van der Waals surface area contributed by atoms with Gasteiger partial charge in [0, 0.05) is 44.5 Å². The topological polar surface area (TPSA) is 84.3 Å². The number of aryl methyl sites for hydroxylation is 1. The molecule has 0 aliphatic heterocycles. The van der Waals surface area contributed by atoms with Crippen LogP contribution in [0.3, 0.4) is 0 Å². The second kappa shape index (κ2) is 11.5. The van der Waals surface area contributed by atoms with Gasteiger partial charge in [-0.25, -0.2) is 9.67 Å². The minimum atomic E-state index is -0.165. The molecule has 9 heteroatoms. The summed E-state index contributed by atoms with van der Waals surface area (Å²) < 4.78 is 7.06. The van der Waals surface area contributed by atoms with Crippen LogP contribution >= 0.6 is 11.6 Å². The molecular weight excluding hydrogens is 452 g/mol. The molecule has 2 heterocycles. The van der Waals surface area contributed by atoms with Crippen LogP contribution in [-0.4, -0.2) is 57.9 Å². The van der Waals surface area contributed by atoms with Gasteiger partial charge in [-0.2, -0.15) is 5.10 Å². The third-order valence-corrected chi connectivity index (χ3v) is 6.17. The van der Waals surface area contributed by atoms with Crippen LogP contribution in [0.4, 0.5) is 5.69 Å². The van der Waals surface area contributed by atoms with E-state index in [1.54, 1.807) is 19.5 Å². The zero-order chi connectivity index (χ0) is 24.8. The van der Waals surface area contributed by atoms with Crippen LogP contribution < -0.4 is 15.4 Å². The lowest BCUT2D eigenvalue weighted by Gasteiger charge is -2.30.